The van der Waals surface area contributed by atoms with Crippen LogP contribution in [0.1, 0.15) is 26.3 Å². The molecule has 8 nitrogen and oxygen atoms in total. The molecule has 0 fully saturated rings. The van der Waals surface area contributed by atoms with Gasteiger partial charge in [0.25, 0.3) is 11.6 Å². The van der Waals surface area contributed by atoms with Gasteiger partial charge in [-0.05, 0) is 42.0 Å². The van der Waals surface area contributed by atoms with Gasteiger partial charge in [0.1, 0.15) is 17.9 Å². The largest absolute Gasteiger partial charge is 0.489 e. The Morgan fingerprint density at radius 3 is 2.31 bits per heavy atom. The molecule has 2 N–H and O–H groups in total. The summed E-state index contributed by atoms with van der Waals surface area (Å²) in [5.41, 5.74) is 0.343. The van der Waals surface area contributed by atoms with E-state index in [-0.39, 0.29) is 5.56 Å². The van der Waals surface area contributed by atoms with E-state index < -0.39 is 28.1 Å². The van der Waals surface area contributed by atoms with Crippen LogP contribution in [0.25, 0.3) is 0 Å². The molecule has 0 aliphatic heterocycles. The van der Waals surface area contributed by atoms with Crippen LogP contribution in [-0.4, -0.2) is 21.9 Å². The van der Waals surface area contributed by atoms with E-state index in [2.05, 4.69) is 5.32 Å². The molecule has 0 atom stereocenters. The molecule has 8 heteroatoms. The molecule has 146 valence electrons. The predicted molar refractivity (Wildman–Crippen MR) is 105 cm³/mol. The summed E-state index contributed by atoms with van der Waals surface area (Å²) < 4.78 is 5.67. The number of nitrogens with zero attached hydrogens (tertiary/aromatic N) is 1. The number of aromatic carboxylic acids is 1. The van der Waals surface area contributed by atoms with Crippen LogP contribution >= 0.6 is 0 Å². The highest BCUT2D eigenvalue weighted by Gasteiger charge is 2.22. The maximum Gasteiger partial charge on any atom is 0.342 e. The first-order chi connectivity index (χ1) is 13.9. The zero-order valence-electron chi connectivity index (χ0n) is 15.1. The molecule has 0 saturated carbocycles. The number of carboxylic acids is 1. The number of benzene rings is 3. The van der Waals surface area contributed by atoms with Crippen LogP contribution in [0.2, 0.25) is 0 Å². The van der Waals surface area contributed by atoms with Crippen molar-refractivity contribution in [1.82, 2.24) is 0 Å². The van der Waals surface area contributed by atoms with Gasteiger partial charge in [-0.3, -0.25) is 14.9 Å². The van der Waals surface area contributed by atoms with E-state index in [0.717, 1.165) is 17.7 Å². The molecule has 1 amide bonds. The van der Waals surface area contributed by atoms with E-state index >= 15 is 0 Å². The number of nitrogens with one attached hydrogen (secondary N) is 1. The number of hydrogen-bond acceptors (Lipinski definition) is 5. The Bertz CT molecular complexity index is 1050. The number of carbonyl (C=O) groups excluding carboxylic acids is 1. The summed E-state index contributed by atoms with van der Waals surface area (Å²) in [6, 6.07) is 19.5. The second-order valence-electron chi connectivity index (χ2n) is 6.05. The number of anilines is 1. The molecule has 0 bridgehead atoms. The van der Waals surface area contributed by atoms with E-state index in [9.17, 15) is 19.7 Å². The maximum atomic E-state index is 12.4. The highest BCUT2D eigenvalue weighted by atomic mass is 16.6. The molecule has 0 aliphatic carbocycles. The van der Waals surface area contributed by atoms with E-state index in [1.807, 2.05) is 30.3 Å². The van der Waals surface area contributed by atoms with Crippen LogP contribution in [0.15, 0.2) is 72.8 Å². The summed E-state index contributed by atoms with van der Waals surface area (Å²) in [5, 5.41) is 22.7. The molecule has 3 aromatic carbocycles. The van der Waals surface area contributed by atoms with Crippen molar-refractivity contribution in [1.29, 1.82) is 0 Å². The van der Waals surface area contributed by atoms with Gasteiger partial charge in [0, 0.05) is 17.3 Å². The summed E-state index contributed by atoms with van der Waals surface area (Å²) in [7, 11) is 0. The minimum absolute atomic E-state index is 0.0221. The van der Waals surface area contributed by atoms with E-state index in [1.165, 1.54) is 6.07 Å². The highest BCUT2D eigenvalue weighted by molar-refractivity contribution is 6.05. The Morgan fingerprint density at radius 2 is 1.69 bits per heavy atom. The second kappa shape index (κ2) is 8.66. The van der Waals surface area contributed by atoms with Crippen molar-refractivity contribution in [2.75, 3.05) is 5.32 Å². The lowest BCUT2D eigenvalue weighted by Crippen LogP contribution is -2.13. The average molecular weight is 392 g/mol. The standard InChI is InChI=1S/C21H16N2O6/c24-20(15-6-11-18(21(25)26)19(12-15)23(27)28)22-16-7-9-17(10-8-16)29-13-14-4-2-1-3-5-14/h1-12H,13H2,(H,22,24)(H,25,26). The van der Waals surface area contributed by atoms with Crippen LogP contribution in [0.5, 0.6) is 5.75 Å². The van der Waals surface area contributed by atoms with Crippen molar-refractivity contribution >= 4 is 23.3 Å². The van der Waals surface area contributed by atoms with E-state index in [0.29, 0.717) is 18.0 Å². The number of amides is 1. The number of nitro benzene ring substituents is 1. The van der Waals surface area contributed by atoms with Crippen LogP contribution < -0.4 is 10.1 Å². The number of carbonyl (C=O) groups is 2. The van der Waals surface area contributed by atoms with Gasteiger partial charge in [-0.15, -0.1) is 0 Å². The SMILES string of the molecule is O=C(Nc1ccc(OCc2ccccc2)cc1)c1ccc(C(=O)O)c([N+](=O)[O-])c1. The maximum absolute atomic E-state index is 12.4. The summed E-state index contributed by atoms with van der Waals surface area (Å²) in [5.74, 6) is -1.41. The molecule has 0 unspecified atom stereocenters. The molecule has 0 saturated heterocycles. The van der Waals surface area contributed by atoms with Gasteiger partial charge < -0.3 is 15.2 Å². The van der Waals surface area contributed by atoms with Crippen LogP contribution in [0.4, 0.5) is 11.4 Å². The van der Waals surface area contributed by atoms with Crippen molar-refractivity contribution in [2.24, 2.45) is 0 Å². The Morgan fingerprint density at radius 1 is 1.00 bits per heavy atom. The molecule has 3 aromatic rings. The smallest absolute Gasteiger partial charge is 0.342 e. The molecule has 0 spiro atoms. The summed E-state index contributed by atoms with van der Waals surface area (Å²) in [4.78, 5) is 33.6. The van der Waals surface area contributed by atoms with Crippen molar-refractivity contribution < 1.29 is 24.4 Å². The van der Waals surface area contributed by atoms with Crippen LogP contribution in [0, 0.1) is 10.1 Å². The summed E-state index contributed by atoms with van der Waals surface area (Å²) in [6.45, 7) is 0.409. The minimum Gasteiger partial charge on any atom is -0.489 e. The fraction of sp³-hybridized carbons (Fsp3) is 0.0476. The summed E-state index contributed by atoms with van der Waals surface area (Å²) in [6.07, 6.45) is 0. The Kier molecular flexibility index (Phi) is 5.84. The number of rotatable bonds is 7. The normalized spacial score (nSPS) is 10.2. The van der Waals surface area contributed by atoms with Crippen molar-refractivity contribution in [3.8, 4) is 5.75 Å². The lowest BCUT2D eigenvalue weighted by atomic mass is 10.1. The predicted octanol–water partition coefficient (Wildman–Crippen LogP) is 4.12. The average Bonchev–Trinajstić information content (AvgIpc) is 2.73. The van der Waals surface area contributed by atoms with Crippen molar-refractivity contribution in [3.05, 3.63) is 99.6 Å². The number of nitro groups is 1. The lowest BCUT2D eigenvalue weighted by Gasteiger charge is -2.09. The molecule has 0 aromatic heterocycles. The molecule has 29 heavy (non-hydrogen) atoms. The van der Waals surface area contributed by atoms with Gasteiger partial charge in [0.15, 0.2) is 0 Å². The molecular weight excluding hydrogens is 376 g/mol. The Labute approximate surface area is 165 Å². The number of ether oxygens (including phenoxy) is 1. The number of carboxylic acid groups (broad SMARTS) is 1. The topological polar surface area (TPSA) is 119 Å². The van der Waals surface area contributed by atoms with Gasteiger partial charge in [0.05, 0.1) is 4.92 Å². The summed E-state index contributed by atoms with van der Waals surface area (Å²) >= 11 is 0. The molecule has 0 aliphatic rings. The molecule has 0 radical (unpaired) electrons. The minimum atomic E-state index is -1.44. The quantitative estimate of drug-likeness (QED) is 0.461. The molecule has 3 rings (SSSR count). The first kappa shape index (κ1) is 19.6. The second-order valence-corrected chi connectivity index (χ2v) is 6.05. The first-order valence-electron chi connectivity index (χ1n) is 8.54. The van der Waals surface area contributed by atoms with Gasteiger partial charge in [-0.1, -0.05) is 30.3 Å². The van der Waals surface area contributed by atoms with Gasteiger partial charge in [0.2, 0.25) is 0 Å². The molecule has 0 heterocycles. The fourth-order valence-corrected chi connectivity index (χ4v) is 2.58. The lowest BCUT2D eigenvalue weighted by molar-refractivity contribution is -0.385. The highest BCUT2D eigenvalue weighted by Crippen LogP contribution is 2.22. The van der Waals surface area contributed by atoms with Gasteiger partial charge >= 0.3 is 5.97 Å². The van der Waals surface area contributed by atoms with E-state index in [4.69, 9.17) is 9.84 Å². The first-order valence-corrected chi connectivity index (χ1v) is 8.54. The van der Waals surface area contributed by atoms with Crippen molar-refractivity contribution in [2.45, 2.75) is 6.61 Å². The van der Waals surface area contributed by atoms with Gasteiger partial charge in [-0.25, -0.2) is 4.79 Å². The zero-order valence-corrected chi connectivity index (χ0v) is 15.1. The number of hydrogen-bond donors (Lipinski definition) is 2. The van der Waals surface area contributed by atoms with Crippen LogP contribution in [-0.2, 0) is 6.61 Å². The van der Waals surface area contributed by atoms with Crippen molar-refractivity contribution in [3.63, 3.8) is 0 Å². The Balaban J connectivity index is 1.67. The third-order valence-electron chi connectivity index (χ3n) is 4.05. The monoisotopic (exact) mass is 392 g/mol. The fourth-order valence-electron chi connectivity index (χ4n) is 2.58. The Hall–Kier alpha value is -4.20. The third kappa shape index (κ3) is 4.95. The third-order valence-corrected chi connectivity index (χ3v) is 4.05. The van der Waals surface area contributed by atoms with E-state index in [1.54, 1.807) is 24.3 Å². The zero-order chi connectivity index (χ0) is 20.8. The van der Waals surface area contributed by atoms with Gasteiger partial charge in [-0.2, -0.15) is 0 Å². The van der Waals surface area contributed by atoms with Crippen LogP contribution in [0.3, 0.4) is 0 Å². The molecular formula is C21H16N2O6.